The zero-order valence-corrected chi connectivity index (χ0v) is 16.2. The van der Waals surface area contributed by atoms with Gasteiger partial charge in [0, 0.05) is 12.6 Å². The maximum Gasteiger partial charge on any atom is 0.269 e. The summed E-state index contributed by atoms with van der Waals surface area (Å²) in [5.41, 5.74) is 1.03. The summed E-state index contributed by atoms with van der Waals surface area (Å²) in [4.78, 5) is 27.1. The molecule has 1 aliphatic carbocycles. The number of benzene rings is 2. The van der Waals surface area contributed by atoms with Crippen LogP contribution in [0.1, 0.15) is 28.8 Å². The Balaban J connectivity index is 1.53. The van der Waals surface area contributed by atoms with E-state index in [0.29, 0.717) is 10.8 Å². The van der Waals surface area contributed by atoms with Crippen LogP contribution in [0.4, 0.5) is 0 Å². The van der Waals surface area contributed by atoms with Gasteiger partial charge in [-0.3, -0.25) is 9.59 Å². The van der Waals surface area contributed by atoms with Gasteiger partial charge >= 0.3 is 0 Å². The molecule has 0 spiro atoms. The van der Waals surface area contributed by atoms with Gasteiger partial charge in [0.25, 0.3) is 15.9 Å². The molecule has 1 aliphatic heterocycles. The van der Waals surface area contributed by atoms with Gasteiger partial charge in [-0.25, -0.2) is 12.7 Å². The highest BCUT2D eigenvalue weighted by atomic mass is 32.2. The van der Waals surface area contributed by atoms with Crippen molar-refractivity contribution in [2.24, 2.45) is 0 Å². The number of amides is 2. The third-order valence-corrected chi connectivity index (χ3v) is 6.80. The Bertz CT molecular complexity index is 1030. The Morgan fingerprint density at radius 1 is 1.14 bits per heavy atom. The lowest BCUT2D eigenvalue weighted by atomic mass is 10.2. The average molecular weight is 400 g/mol. The summed E-state index contributed by atoms with van der Waals surface area (Å²) in [6, 6.07) is 13.5. The van der Waals surface area contributed by atoms with Crippen LogP contribution in [-0.2, 0) is 21.4 Å². The SMILES string of the molecule is COc1ccc(CN(C(=O)CN2C(=O)c3ccccc3S2(=O)=O)C2CC2)cc1. The molecular weight excluding hydrogens is 380 g/mol. The molecule has 0 radical (unpaired) electrons. The van der Waals surface area contributed by atoms with E-state index in [4.69, 9.17) is 4.74 Å². The van der Waals surface area contributed by atoms with Crippen molar-refractivity contribution >= 4 is 21.8 Å². The summed E-state index contributed by atoms with van der Waals surface area (Å²) in [5, 5.41) is 0. The molecule has 1 fully saturated rings. The molecule has 0 bridgehead atoms. The van der Waals surface area contributed by atoms with Crippen molar-refractivity contribution in [3.8, 4) is 5.75 Å². The first kappa shape index (κ1) is 18.5. The van der Waals surface area contributed by atoms with Crippen LogP contribution >= 0.6 is 0 Å². The summed E-state index contributed by atoms with van der Waals surface area (Å²) in [6.07, 6.45) is 1.76. The second kappa shape index (κ2) is 6.94. The van der Waals surface area contributed by atoms with Crippen LogP contribution in [0.15, 0.2) is 53.4 Å². The third-order valence-electron chi connectivity index (χ3n) is 5.01. The Morgan fingerprint density at radius 3 is 2.43 bits per heavy atom. The molecule has 7 nitrogen and oxygen atoms in total. The third kappa shape index (κ3) is 3.24. The van der Waals surface area contributed by atoms with Crippen LogP contribution in [0, 0.1) is 0 Å². The van der Waals surface area contributed by atoms with Gasteiger partial charge in [0.1, 0.15) is 17.2 Å². The molecule has 2 aliphatic rings. The maximum absolute atomic E-state index is 12.9. The quantitative estimate of drug-likeness (QED) is 0.741. The molecule has 2 aromatic rings. The largest absolute Gasteiger partial charge is 0.497 e. The fourth-order valence-electron chi connectivity index (χ4n) is 3.34. The predicted octanol–water partition coefficient (Wildman–Crippen LogP) is 2.03. The van der Waals surface area contributed by atoms with Crippen molar-refractivity contribution in [1.82, 2.24) is 9.21 Å². The molecule has 0 unspecified atom stereocenters. The summed E-state index contributed by atoms with van der Waals surface area (Å²) in [6.45, 7) is -0.120. The first-order valence-corrected chi connectivity index (χ1v) is 10.4. The fraction of sp³-hybridized carbons (Fsp3) is 0.300. The van der Waals surface area contributed by atoms with Gasteiger partial charge in [0.05, 0.1) is 12.7 Å². The number of fused-ring (bicyclic) bond motifs is 1. The van der Waals surface area contributed by atoms with Crippen molar-refractivity contribution < 1.29 is 22.7 Å². The number of hydrogen-bond acceptors (Lipinski definition) is 5. The van der Waals surface area contributed by atoms with Gasteiger partial charge in [-0.15, -0.1) is 0 Å². The molecule has 146 valence electrons. The van der Waals surface area contributed by atoms with Gasteiger partial charge in [0.15, 0.2) is 0 Å². The van der Waals surface area contributed by atoms with E-state index in [9.17, 15) is 18.0 Å². The van der Waals surface area contributed by atoms with Gasteiger partial charge in [-0.05, 0) is 42.7 Å². The number of methoxy groups -OCH3 is 1. The van der Waals surface area contributed by atoms with Crippen LogP contribution in [0.25, 0.3) is 0 Å². The number of carbonyl (C=O) groups excluding carboxylic acids is 2. The Morgan fingerprint density at radius 2 is 1.82 bits per heavy atom. The predicted molar refractivity (Wildman–Crippen MR) is 101 cm³/mol. The molecule has 0 saturated heterocycles. The highest BCUT2D eigenvalue weighted by Crippen LogP contribution is 2.32. The Hall–Kier alpha value is -2.87. The fourth-order valence-corrected chi connectivity index (χ4v) is 4.85. The van der Waals surface area contributed by atoms with Crippen molar-refractivity contribution in [3.63, 3.8) is 0 Å². The molecule has 0 atom stereocenters. The van der Waals surface area contributed by atoms with Crippen molar-refractivity contribution in [2.45, 2.75) is 30.3 Å². The van der Waals surface area contributed by atoms with E-state index in [2.05, 4.69) is 0 Å². The molecular formula is C20H20N2O5S. The Labute approximate surface area is 163 Å². The maximum atomic E-state index is 12.9. The van der Waals surface area contributed by atoms with E-state index in [-0.39, 0.29) is 22.4 Å². The average Bonchev–Trinajstić information content (AvgIpc) is 3.52. The second-order valence-corrected chi connectivity index (χ2v) is 8.74. The number of hydrogen-bond donors (Lipinski definition) is 0. The standard InChI is InChI=1S/C20H20N2O5S/c1-27-16-10-6-14(7-11-16)12-21(15-8-9-15)19(23)13-22-20(24)17-4-2-3-5-18(17)28(22,25)26/h2-7,10-11,15H,8-9,12-13H2,1H3. The molecule has 8 heteroatoms. The zero-order valence-electron chi connectivity index (χ0n) is 15.4. The minimum atomic E-state index is -3.99. The van der Waals surface area contributed by atoms with Crippen molar-refractivity contribution in [3.05, 3.63) is 59.7 Å². The summed E-state index contributed by atoms with van der Waals surface area (Å²) >= 11 is 0. The highest BCUT2D eigenvalue weighted by molar-refractivity contribution is 7.90. The van der Waals surface area contributed by atoms with E-state index in [1.807, 2.05) is 24.3 Å². The lowest BCUT2D eigenvalue weighted by Crippen LogP contribution is -2.43. The molecule has 2 amide bonds. The van der Waals surface area contributed by atoms with E-state index in [1.54, 1.807) is 24.1 Å². The lowest BCUT2D eigenvalue weighted by Gasteiger charge is -2.25. The Kier molecular flexibility index (Phi) is 4.58. The topological polar surface area (TPSA) is 84.0 Å². The van der Waals surface area contributed by atoms with Gasteiger partial charge < -0.3 is 9.64 Å². The monoisotopic (exact) mass is 400 g/mol. The number of carbonyl (C=O) groups is 2. The van der Waals surface area contributed by atoms with E-state index >= 15 is 0 Å². The number of rotatable bonds is 6. The second-order valence-electron chi connectivity index (χ2n) is 6.91. The van der Waals surface area contributed by atoms with Crippen LogP contribution in [0.3, 0.4) is 0 Å². The van der Waals surface area contributed by atoms with Crippen LogP contribution in [0.5, 0.6) is 5.75 Å². The number of nitrogens with zero attached hydrogens (tertiary/aromatic N) is 2. The zero-order chi connectivity index (χ0) is 19.9. The van der Waals surface area contributed by atoms with Gasteiger partial charge in [-0.2, -0.15) is 0 Å². The number of ether oxygens (including phenoxy) is 1. The first-order valence-electron chi connectivity index (χ1n) is 9.00. The van der Waals surface area contributed by atoms with Gasteiger partial charge in [-0.1, -0.05) is 24.3 Å². The molecule has 2 aromatic carbocycles. The normalized spacial score (nSPS) is 17.3. The summed E-state index contributed by atoms with van der Waals surface area (Å²) in [7, 11) is -2.41. The summed E-state index contributed by atoms with van der Waals surface area (Å²) in [5.74, 6) is -0.299. The van der Waals surface area contributed by atoms with Crippen LogP contribution < -0.4 is 4.74 Å². The van der Waals surface area contributed by atoms with Gasteiger partial charge in [0.2, 0.25) is 5.91 Å². The smallest absolute Gasteiger partial charge is 0.269 e. The molecule has 1 saturated carbocycles. The number of sulfonamides is 1. The lowest BCUT2D eigenvalue weighted by molar-refractivity contribution is -0.132. The molecule has 28 heavy (non-hydrogen) atoms. The van der Waals surface area contributed by atoms with Crippen LogP contribution in [0.2, 0.25) is 0 Å². The molecule has 0 N–H and O–H groups in total. The first-order chi connectivity index (χ1) is 13.4. The van der Waals surface area contributed by atoms with Crippen molar-refractivity contribution in [1.29, 1.82) is 0 Å². The van der Waals surface area contributed by atoms with E-state index in [1.165, 1.54) is 12.1 Å². The summed E-state index contributed by atoms with van der Waals surface area (Å²) < 4.78 is 31.2. The minimum Gasteiger partial charge on any atom is -0.497 e. The van der Waals surface area contributed by atoms with Crippen molar-refractivity contribution in [2.75, 3.05) is 13.7 Å². The molecule has 0 aromatic heterocycles. The molecule has 4 rings (SSSR count). The van der Waals surface area contributed by atoms with E-state index < -0.39 is 22.5 Å². The van der Waals surface area contributed by atoms with Crippen LogP contribution in [-0.4, -0.2) is 49.1 Å². The highest BCUT2D eigenvalue weighted by Gasteiger charge is 2.43. The van der Waals surface area contributed by atoms with E-state index in [0.717, 1.165) is 24.2 Å². The molecule has 1 heterocycles. The minimum absolute atomic E-state index is 0.0408.